The molecular weight excluding hydrogens is 360 g/mol. The lowest BCUT2D eigenvalue weighted by atomic mass is 10.1. The molecule has 0 radical (unpaired) electrons. The molecule has 0 aliphatic rings. The second kappa shape index (κ2) is 7.64. The van der Waals surface area contributed by atoms with Crippen molar-refractivity contribution >= 4 is 28.5 Å². The highest BCUT2D eigenvalue weighted by molar-refractivity contribution is 6.11. The Morgan fingerprint density at radius 3 is 2.36 bits per heavy atom. The van der Waals surface area contributed by atoms with Gasteiger partial charge in [-0.1, -0.05) is 18.2 Å². The highest BCUT2D eigenvalue weighted by Crippen LogP contribution is 2.34. The number of ether oxygens (including phenoxy) is 2. The van der Waals surface area contributed by atoms with Gasteiger partial charge in [-0.05, 0) is 25.5 Å². The topological polar surface area (TPSA) is 89.8 Å². The lowest BCUT2D eigenvalue weighted by Gasteiger charge is -2.15. The Hall–Kier alpha value is -3.48. The van der Waals surface area contributed by atoms with Crippen molar-refractivity contribution in [2.75, 3.05) is 19.5 Å². The van der Waals surface area contributed by atoms with Crippen LogP contribution in [0.25, 0.3) is 10.9 Å². The number of carboxylic acids is 1. The van der Waals surface area contributed by atoms with E-state index in [-0.39, 0.29) is 22.9 Å². The van der Waals surface area contributed by atoms with Crippen LogP contribution in [-0.4, -0.2) is 35.8 Å². The second-order valence-corrected chi connectivity index (χ2v) is 6.25. The van der Waals surface area contributed by atoms with Crippen LogP contribution in [0.15, 0.2) is 36.4 Å². The van der Waals surface area contributed by atoms with Gasteiger partial charge in [0.25, 0.3) is 5.91 Å². The molecule has 0 fully saturated rings. The Kier molecular flexibility index (Phi) is 5.26. The van der Waals surface area contributed by atoms with Gasteiger partial charge in [-0.3, -0.25) is 4.79 Å². The standard InChI is InChI=1S/C21H22N2O5/c1-5-23-16-9-7-6-8-13(16)12(2)19(23)20(24)22-15-11-18(28-4)17(27-3)10-14(15)21(25)26/h6-11H,5H2,1-4H3,(H,22,24)(H,25,26). The number of methoxy groups -OCH3 is 2. The number of fused-ring (bicyclic) bond motifs is 1. The number of nitrogens with one attached hydrogen (secondary N) is 1. The number of carbonyl (C=O) groups is 2. The van der Waals surface area contributed by atoms with E-state index in [1.165, 1.54) is 26.4 Å². The summed E-state index contributed by atoms with van der Waals surface area (Å²) in [7, 11) is 2.87. The average Bonchev–Trinajstić information content (AvgIpc) is 2.99. The van der Waals surface area contributed by atoms with E-state index in [4.69, 9.17) is 9.47 Å². The monoisotopic (exact) mass is 382 g/mol. The molecule has 28 heavy (non-hydrogen) atoms. The van der Waals surface area contributed by atoms with Crippen LogP contribution >= 0.6 is 0 Å². The van der Waals surface area contributed by atoms with Crippen LogP contribution in [0.1, 0.15) is 33.3 Å². The first-order chi connectivity index (χ1) is 13.4. The fourth-order valence-corrected chi connectivity index (χ4v) is 3.44. The van der Waals surface area contributed by atoms with E-state index in [9.17, 15) is 14.7 Å². The number of benzene rings is 2. The first-order valence-corrected chi connectivity index (χ1v) is 8.81. The SMILES string of the molecule is CCn1c(C(=O)Nc2cc(OC)c(OC)cc2C(=O)O)c(C)c2ccccc21. The molecular formula is C21H22N2O5. The first-order valence-electron chi connectivity index (χ1n) is 8.81. The summed E-state index contributed by atoms with van der Waals surface area (Å²) in [5.41, 5.74) is 2.35. The molecule has 2 aromatic carbocycles. The van der Waals surface area contributed by atoms with Crippen molar-refractivity contribution in [3.8, 4) is 11.5 Å². The number of aromatic carboxylic acids is 1. The van der Waals surface area contributed by atoms with Crippen molar-refractivity contribution in [2.24, 2.45) is 0 Å². The molecule has 0 atom stereocenters. The number of aryl methyl sites for hydroxylation is 2. The Labute approximate surface area is 162 Å². The number of amides is 1. The van der Waals surface area contributed by atoms with Crippen LogP contribution < -0.4 is 14.8 Å². The maximum atomic E-state index is 13.1. The summed E-state index contributed by atoms with van der Waals surface area (Å²) in [4.78, 5) is 24.8. The molecule has 1 heterocycles. The summed E-state index contributed by atoms with van der Waals surface area (Å²) in [6, 6.07) is 10.6. The zero-order chi connectivity index (χ0) is 20.4. The summed E-state index contributed by atoms with van der Waals surface area (Å²) in [6.07, 6.45) is 0. The molecule has 0 aliphatic heterocycles. The number of hydrogen-bond donors (Lipinski definition) is 2. The Morgan fingerprint density at radius 1 is 1.11 bits per heavy atom. The van der Waals surface area contributed by atoms with Crippen LogP contribution in [0.4, 0.5) is 5.69 Å². The smallest absolute Gasteiger partial charge is 0.337 e. The maximum absolute atomic E-state index is 13.1. The van der Waals surface area contributed by atoms with Crippen LogP contribution in [0.3, 0.4) is 0 Å². The first kappa shape index (κ1) is 19.3. The molecule has 3 aromatic rings. The lowest BCUT2D eigenvalue weighted by molar-refractivity contribution is 0.0697. The molecule has 0 saturated carbocycles. The highest BCUT2D eigenvalue weighted by atomic mass is 16.5. The number of carbonyl (C=O) groups excluding carboxylic acids is 1. The maximum Gasteiger partial charge on any atom is 0.337 e. The average molecular weight is 382 g/mol. The van der Waals surface area contributed by atoms with Gasteiger partial charge in [-0.15, -0.1) is 0 Å². The van der Waals surface area contributed by atoms with Gasteiger partial charge in [-0.25, -0.2) is 4.79 Å². The van der Waals surface area contributed by atoms with Gasteiger partial charge in [-0.2, -0.15) is 0 Å². The largest absolute Gasteiger partial charge is 0.493 e. The number of rotatable bonds is 6. The lowest BCUT2D eigenvalue weighted by Crippen LogP contribution is -2.19. The van der Waals surface area contributed by atoms with Crippen molar-refractivity contribution < 1.29 is 24.2 Å². The molecule has 0 bridgehead atoms. The van der Waals surface area contributed by atoms with Gasteiger partial charge >= 0.3 is 5.97 Å². The van der Waals surface area contributed by atoms with Gasteiger partial charge in [0, 0.05) is 29.6 Å². The van der Waals surface area contributed by atoms with Crippen molar-refractivity contribution in [1.29, 1.82) is 0 Å². The summed E-state index contributed by atoms with van der Waals surface area (Å²) in [5, 5.41) is 13.3. The van der Waals surface area contributed by atoms with Crippen LogP contribution in [0, 0.1) is 6.92 Å². The van der Waals surface area contributed by atoms with E-state index in [1.807, 2.05) is 42.7 Å². The fourth-order valence-electron chi connectivity index (χ4n) is 3.44. The summed E-state index contributed by atoms with van der Waals surface area (Å²) in [5.74, 6) is -0.957. The number of para-hydroxylation sites is 1. The fraction of sp³-hybridized carbons (Fsp3) is 0.238. The van der Waals surface area contributed by atoms with Crippen molar-refractivity contribution in [3.05, 3.63) is 53.2 Å². The number of nitrogens with zero attached hydrogens (tertiary/aromatic N) is 1. The predicted molar refractivity (Wildman–Crippen MR) is 107 cm³/mol. The van der Waals surface area contributed by atoms with Crippen molar-refractivity contribution in [3.63, 3.8) is 0 Å². The van der Waals surface area contributed by atoms with E-state index < -0.39 is 5.97 Å². The van der Waals surface area contributed by atoms with E-state index in [0.29, 0.717) is 18.0 Å². The summed E-state index contributed by atoms with van der Waals surface area (Å²) < 4.78 is 12.3. The normalized spacial score (nSPS) is 10.7. The van der Waals surface area contributed by atoms with Gasteiger partial charge in [0.05, 0.1) is 25.5 Å². The third kappa shape index (κ3) is 3.15. The zero-order valence-corrected chi connectivity index (χ0v) is 16.2. The number of aromatic nitrogens is 1. The van der Waals surface area contributed by atoms with Crippen molar-refractivity contribution in [2.45, 2.75) is 20.4 Å². The summed E-state index contributed by atoms with van der Waals surface area (Å²) >= 11 is 0. The molecule has 0 aliphatic carbocycles. The predicted octanol–water partition coefficient (Wildman–Crippen LogP) is 3.94. The second-order valence-electron chi connectivity index (χ2n) is 6.25. The molecule has 2 N–H and O–H groups in total. The van der Waals surface area contributed by atoms with Gasteiger partial charge in [0.15, 0.2) is 11.5 Å². The highest BCUT2D eigenvalue weighted by Gasteiger charge is 2.23. The number of hydrogen-bond acceptors (Lipinski definition) is 4. The zero-order valence-electron chi connectivity index (χ0n) is 16.2. The third-order valence-electron chi connectivity index (χ3n) is 4.76. The Morgan fingerprint density at radius 2 is 1.75 bits per heavy atom. The van der Waals surface area contributed by atoms with E-state index >= 15 is 0 Å². The molecule has 0 spiro atoms. The number of anilines is 1. The van der Waals surface area contributed by atoms with E-state index in [0.717, 1.165) is 16.5 Å². The van der Waals surface area contributed by atoms with Crippen LogP contribution in [0.5, 0.6) is 11.5 Å². The molecule has 0 unspecified atom stereocenters. The molecule has 7 heteroatoms. The minimum absolute atomic E-state index is 0.0807. The molecule has 7 nitrogen and oxygen atoms in total. The summed E-state index contributed by atoms with van der Waals surface area (Å²) in [6.45, 7) is 4.45. The van der Waals surface area contributed by atoms with Crippen LogP contribution in [-0.2, 0) is 6.54 Å². The van der Waals surface area contributed by atoms with E-state index in [2.05, 4.69) is 5.32 Å². The molecule has 1 aromatic heterocycles. The van der Waals surface area contributed by atoms with Gasteiger partial charge < -0.3 is 24.5 Å². The van der Waals surface area contributed by atoms with Crippen molar-refractivity contribution in [1.82, 2.24) is 4.57 Å². The number of carboxylic acid groups (broad SMARTS) is 1. The quantitative estimate of drug-likeness (QED) is 0.674. The Balaban J connectivity index is 2.10. The van der Waals surface area contributed by atoms with Gasteiger partial charge in [0.1, 0.15) is 5.69 Å². The Bertz CT molecular complexity index is 1070. The van der Waals surface area contributed by atoms with E-state index in [1.54, 1.807) is 0 Å². The third-order valence-corrected chi connectivity index (χ3v) is 4.76. The minimum Gasteiger partial charge on any atom is -0.493 e. The molecule has 0 saturated heterocycles. The minimum atomic E-state index is -1.18. The van der Waals surface area contributed by atoms with Crippen LogP contribution in [0.2, 0.25) is 0 Å². The molecule has 3 rings (SSSR count). The molecule has 146 valence electrons. The molecule has 1 amide bonds. The van der Waals surface area contributed by atoms with Gasteiger partial charge in [0.2, 0.25) is 0 Å².